The average Bonchev–Trinajstić information content (AvgIpc) is 2.81. The van der Waals surface area contributed by atoms with Gasteiger partial charge in [0.2, 0.25) is 5.91 Å². The minimum absolute atomic E-state index is 0.0548. The van der Waals surface area contributed by atoms with E-state index in [1.165, 1.54) is 0 Å². The first kappa shape index (κ1) is 15.9. The maximum atomic E-state index is 12.4. The minimum Gasteiger partial charge on any atom is -0.378 e. The molecule has 0 aliphatic heterocycles. The van der Waals surface area contributed by atoms with Crippen molar-refractivity contribution in [2.24, 2.45) is 11.1 Å². The predicted molar refractivity (Wildman–Crippen MR) is 84.6 cm³/mol. The smallest absolute Gasteiger partial charge is 0.241 e. The van der Waals surface area contributed by atoms with Crippen LogP contribution in [0.15, 0.2) is 15.9 Å². The summed E-state index contributed by atoms with van der Waals surface area (Å²) in [7, 11) is 0. The molecule has 2 atom stereocenters. The molecule has 1 heterocycles. The van der Waals surface area contributed by atoms with Crippen molar-refractivity contribution in [1.82, 2.24) is 5.32 Å². The summed E-state index contributed by atoms with van der Waals surface area (Å²) >= 11 is 5.01. The summed E-state index contributed by atoms with van der Waals surface area (Å²) in [5, 5.41) is 4.94. The van der Waals surface area contributed by atoms with Gasteiger partial charge >= 0.3 is 0 Å². The average molecular weight is 361 g/mol. The summed E-state index contributed by atoms with van der Waals surface area (Å²) in [5.41, 5.74) is 5.13. The highest BCUT2D eigenvalue weighted by Crippen LogP contribution is 2.49. The number of hydrogen-bond donors (Lipinski definition) is 2. The molecular weight excluding hydrogens is 340 g/mol. The van der Waals surface area contributed by atoms with E-state index in [4.69, 9.17) is 10.5 Å². The Hall–Kier alpha value is -0.430. The lowest BCUT2D eigenvalue weighted by atomic mass is 9.54. The second kappa shape index (κ2) is 5.75. The van der Waals surface area contributed by atoms with Crippen LogP contribution in [-0.2, 0) is 16.1 Å². The van der Waals surface area contributed by atoms with Gasteiger partial charge in [0.1, 0.15) is 5.54 Å². The van der Waals surface area contributed by atoms with Gasteiger partial charge in [-0.15, -0.1) is 11.3 Å². The van der Waals surface area contributed by atoms with Gasteiger partial charge < -0.3 is 15.8 Å². The van der Waals surface area contributed by atoms with Crippen LogP contribution in [0.25, 0.3) is 0 Å². The minimum atomic E-state index is -0.846. The highest BCUT2D eigenvalue weighted by molar-refractivity contribution is 9.10. The zero-order valence-corrected chi connectivity index (χ0v) is 14.4. The summed E-state index contributed by atoms with van der Waals surface area (Å²) in [4.78, 5) is 13.5. The molecule has 1 aromatic heterocycles. The van der Waals surface area contributed by atoms with Crippen LogP contribution in [0.3, 0.4) is 0 Å². The molecule has 112 valence electrons. The number of nitrogens with two attached hydrogens (primary N) is 1. The third kappa shape index (κ3) is 2.66. The third-order valence-corrected chi connectivity index (χ3v) is 5.98. The van der Waals surface area contributed by atoms with Crippen LogP contribution in [0.1, 0.15) is 32.1 Å². The number of ether oxygens (including phenoxy) is 1. The van der Waals surface area contributed by atoms with E-state index in [0.29, 0.717) is 19.6 Å². The molecule has 0 bridgehead atoms. The van der Waals surface area contributed by atoms with Crippen LogP contribution in [0.2, 0.25) is 0 Å². The Morgan fingerprint density at radius 1 is 1.65 bits per heavy atom. The van der Waals surface area contributed by atoms with E-state index < -0.39 is 5.54 Å². The highest BCUT2D eigenvalue weighted by Gasteiger charge is 2.62. The van der Waals surface area contributed by atoms with E-state index in [0.717, 1.165) is 9.35 Å². The zero-order valence-electron chi connectivity index (χ0n) is 12.0. The summed E-state index contributed by atoms with van der Waals surface area (Å²) in [6, 6.07) is 2.00. The van der Waals surface area contributed by atoms with Gasteiger partial charge in [0.05, 0.1) is 12.6 Å². The summed E-state index contributed by atoms with van der Waals surface area (Å²) < 4.78 is 6.68. The van der Waals surface area contributed by atoms with Crippen molar-refractivity contribution < 1.29 is 9.53 Å². The fraction of sp³-hybridized carbons (Fsp3) is 0.643. The number of thiophene rings is 1. The van der Waals surface area contributed by atoms with Crippen LogP contribution in [0.4, 0.5) is 0 Å². The summed E-state index contributed by atoms with van der Waals surface area (Å²) in [6.45, 7) is 7.12. The van der Waals surface area contributed by atoms with E-state index in [1.54, 1.807) is 11.3 Å². The summed E-state index contributed by atoms with van der Waals surface area (Å²) in [6.07, 6.45) is 0.632. The molecule has 1 amide bonds. The third-order valence-electron chi connectivity index (χ3n) is 4.28. The molecule has 0 saturated heterocycles. The number of halogens is 1. The second-order valence-corrected chi connectivity index (χ2v) is 7.67. The normalized spacial score (nSPS) is 27.9. The van der Waals surface area contributed by atoms with Gasteiger partial charge in [0, 0.05) is 33.2 Å². The number of amides is 1. The Kier molecular flexibility index (Phi) is 4.59. The first-order valence-corrected chi connectivity index (χ1v) is 8.40. The molecule has 4 nitrogen and oxygen atoms in total. The van der Waals surface area contributed by atoms with Crippen LogP contribution < -0.4 is 11.1 Å². The number of carbonyl (C=O) groups excluding carboxylic acids is 1. The van der Waals surface area contributed by atoms with Gasteiger partial charge in [-0.3, -0.25) is 4.79 Å². The number of hydrogen-bond acceptors (Lipinski definition) is 4. The van der Waals surface area contributed by atoms with Gasteiger partial charge in [0.15, 0.2) is 0 Å². The zero-order chi connectivity index (χ0) is 15.0. The topological polar surface area (TPSA) is 64.3 Å². The lowest BCUT2D eigenvalue weighted by molar-refractivity contribution is -0.170. The van der Waals surface area contributed by atoms with E-state index in [-0.39, 0.29) is 17.4 Å². The lowest BCUT2D eigenvalue weighted by Crippen LogP contribution is -2.75. The van der Waals surface area contributed by atoms with Crippen molar-refractivity contribution in [2.45, 2.75) is 45.4 Å². The molecule has 2 unspecified atom stereocenters. The SMILES string of the molecule is CCOC1CC(N)(C(=O)NCc2cc(Br)cs2)C1(C)C. The Bertz CT molecular complexity index is 503. The Balaban J connectivity index is 1.95. The number of carbonyl (C=O) groups is 1. The predicted octanol–water partition coefficient (Wildman–Crippen LogP) is 2.66. The largest absolute Gasteiger partial charge is 0.378 e. The van der Waals surface area contributed by atoms with Gasteiger partial charge in [-0.1, -0.05) is 13.8 Å². The van der Waals surface area contributed by atoms with Crippen molar-refractivity contribution in [3.05, 3.63) is 20.8 Å². The molecule has 2 rings (SSSR count). The maximum Gasteiger partial charge on any atom is 0.241 e. The molecule has 0 spiro atoms. The van der Waals surface area contributed by atoms with Gasteiger partial charge in [-0.25, -0.2) is 0 Å². The molecule has 3 N–H and O–H groups in total. The molecule has 1 fully saturated rings. The van der Waals surface area contributed by atoms with Crippen molar-refractivity contribution >= 4 is 33.2 Å². The van der Waals surface area contributed by atoms with Crippen LogP contribution in [0, 0.1) is 5.41 Å². The molecule has 6 heteroatoms. The molecule has 1 aliphatic carbocycles. The van der Waals surface area contributed by atoms with Gasteiger partial charge in [-0.05, 0) is 28.9 Å². The molecule has 1 saturated carbocycles. The number of nitrogens with one attached hydrogen (secondary N) is 1. The van der Waals surface area contributed by atoms with Crippen LogP contribution in [0.5, 0.6) is 0 Å². The summed E-state index contributed by atoms with van der Waals surface area (Å²) in [5.74, 6) is -0.0945. The van der Waals surface area contributed by atoms with E-state index >= 15 is 0 Å². The molecule has 0 aromatic carbocycles. The first-order chi connectivity index (χ1) is 9.31. The molecule has 1 aliphatic rings. The van der Waals surface area contributed by atoms with E-state index in [2.05, 4.69) is 21.2 Å². The van der Waals surface area contributed by atoms with Crippen LogP contribution >= 0.6 is 27.3 Å². The fourth-order valence-corrected chi connectivity index (χ4v) is 3.98. The standard InChI is InChI=1S/C14H21BrN2O2S/c1-4-19-11-6-14(16,13(11,2)3)12(18)17-7-10-5-9(15)8-20-10/h5,8,11H,4,6-7,16H2,1-3H3,(H,17,18). The number of rotatable bonds is 5. The molecule has 20 heavy (non-hydrogen) atoms. The highest BCUT2D eigenvalue weighted by atomic mass is 79.9. The van der Waals surface area contributed by atoms with E-state index in [1.807, 2.05) is 32.2 Å². The van der Waals surface area contributed by atoms with Crippen molar-refractivity contribution in [1.29, 1.82) is 0 Å². The fourth-order valence-electron chi connectivity index (χ4n) is 2.59. The quantitative estimate of drug-likeness (QED) is 0.848. The maximum absolute atomic E-state index is 12.4. The van der Waals surface area contributed by atoms with Gasteiger partial charge in [0.25, 0.3) is 0 Å². The Labute approximate surface area is 132 Å². The Morgan fingerprint density at radius 2 is 2.35 bits per heavy atom. The monoisotopic (exact) mass is 360 g/mol. The van der Waals surface area contributed by atoms with E-state index in [9.17, 15) is 4.79 Å². The molecule has 0 radical (unpaired) electrons. The van der Waals surface area contributed by atoms with Crippen molar-refractivity contribution in [3.63, 3.8) is 0 Å². The van der Waals surface area contributed by atoms with Crippen molar-refractivity contribution in [3.8, 4) is 0 Å². The second-order valence-electron chi connectivity index (χ2n) is 5.76. The first-order valence-electron chi connectivity index (χ1n) is 6.73. The lowest BCUT2D eigenvalue weighted by Gasteiger charge is -2.57. The van der Waals surface area contributed by atoms with Crippen molar-refractivity contribution in [2.75, 3.05) is 6.61 Å². The van der Waals surface area contributed by atoms with Gasteiger partial charge in [-0.2, -0.15) is 0 Å². The molecule has 1 aromatic rings. The Morgan fingerprint density at radius 3 is 2.85 bits per heavy atom. The molecular formula is C14H21BrN2O2S. The van der Waals surface area contributed by atoms with Crippen LogP contribution in [-0.4, -0.2) is 24.2 Å².